The van der Waals surface area contributed by atoms with Gasteiger partial charge in [0.1, 0.15) is 11.9 Å². The lowest BCUT2D eigenvalue weighted by atomic mass is 10.2. The molecule has 1 atom stereocenters. The number of aliphatic hydroxyl groups excluding tert-OH is 1. The van der Waals surface area contributed by atoms with Crippen molar-refractivity contribution in [1.29, 1.82) is 0 Å². The van der Waals surface area contributed by atoms with E-state index in [1.807, 2.05) is 35.7 Å². The third-order valence-corrected chi connectivity index (χ3v) is 3.99. The first-order chi connectivity index (χ1) is 8.70. The maximum atomic E-state index is 10.00. The summed E-state index contributed by atoms with van der Waals surface area (Å²) in [6.07, 6.45) is -0.506. The summed E-state index contributed by atoms with van der Waals surface area (Å²) in [5.74, 6) is 0.761. The Balaban J connectivity index is 2.03. The summed E-state index contributed by atoms with van der Waals surface area (Å²) in [5, 5.41) is 15.2. The molecule has 0 aliphatic rings. The Morgan fingerprint density at radius 3 is 2.94 bits per heavy atom. The Morgan fingerprint density at radius 1 is 1.44 bits per heavy atom. The average Bonchev–Trinajstić information content (AvgIpc) is 2.90. The summed E-state index contributed by atoms with van der Waals surface area (Å²) in [6, 6.07) is 9.59. The topological polar surface area (TPSA) is 41.5 Å². The van der Waals surface area contributed by atoms with Gasteiger partial charge in [-0.1, -0.05) is 22.0 Å². The van der Waals surface area contributed by atoms with Gasteiger partial charge in [-0.3, -0.25) is 0 Å². The molecule has 2 aromatic rings. The van der Waals surface area contributed by atoms with Crippen molar-refractivity contribution < 1.29 is 9.84 Å². The second-order valence-corrected chi connectivity index (χ2v) is 5.65. The molecule has 18 heavy (non-hydrogen) atoms. The van der Waals surface area contributed by atoms with Crippen LogP contribution in [0.25, 0.3) is 0 Å². The number of benzene rings is 1. The Hall–Kier alpha value is -1.04. The molecule has 1 aromatic carbocycles. The highest BCUT2D eigenvalue weighted by Gasteiger charge is 2.10. The van der Waals surface area contributed by atoms with Crippen LogP contribution in [-0.4, -0.2) is 18.8 Å². The van der Waals surface area contributed by atoms with E-state index in [0.717, 1.165) is 20.8 Å². The van der Waals surface area contributed by atoms with Crippen molar-refractivity contribution in [2.24, 2.45) is 0 Å². The molecule has 0 amide bonds. The maximum Gasteiger partial charge on any atom is 0.142 e. The Kier molecular flexibility index (Phi) is 4.63. The molecule has 3 nitrogen and oxygen atoms in total. The van der Waals surface area contributed by atoms with E-state index in [9.17, 15) is 5.11 Å². The van der Waals surface area contributed by atoms with Crippen LogP contribution in [0, 0.1) is 0 Å². The molecule has 0 saturated heterocycles. The van der Waals surface area contributed by atoms with Crippen LogP contribution in [0.3, 0.4) is 0 Å². The van der Waals surface area contributed by atoms with Crippen molar-refractivity contribution in [3.63, 3.8) is 0 Å². The summed E-state index contributed by atoms with van der Waals surface area (Å²) in [5.41, 5.74) is 0.863. The van der Waals surface area contributed by atoms with E-state index >= 15 is 0 Å². The Morgan fingerprint density at radius 2 is 2.28 bits per heavy atom. The second-order valence-electron chi connectivity index (χ2n) is 3.76. The highest BCUT2D eigenvalue weighted by molar-refractivity contribution is 9.10. The predicted molar refractivity (Wildman–Crippen MR) is 78.5 cm³/mol. The predicted octanol–water partition coefficient (Wildman–Crippen LogP) is 3.66. The zero-order valence-electron chi connectivity index (χ0n) is 9.89. The van der Waals surface area contributed by atoms with Crippen LogP contribution >= 0.6 is 27.3 Å². The molecule has 0 aliphatic heterocycles. The number of rotatable bonds is 5. The quantitative estimate of drug-likeness (QED) is 0.880. The molecule has 2 rings (SSSR count). The molecule has 0 fully saturated rings. The molecule has 5 heteroatoms. The summed E-state index contributed by atoms with van der Waals surface area (Å²) in [7, 11) is 1.63. The second kappa shape index (κ2) is 6.22. The number of methoxy groups -OCH3 is 1. The lowest BCUT2D eigenvalue weighted by Crippen LogP contribution is -2.11. The van der Waals surface area contributed by atoms with Crippen LogP contribution in [-0.2, 0) is 0 Å². The molecule has 96 valence electrons. The van der Waals surface area contributed by atoms with Gasteiger partial charge in [0.2, 0.25) is 0 Å². The number of hydrogen-bond donors (Lipinski definition) is 2. The number of halogens is 1. The molecule has 2 N–H and O–H groups in total. The summed E-state index contributed by atoms with van der Waals surface area (Å²) in [6.45, 7) is 0.452. The summed E-state index contributed by atoms with van der Waals surface area (Å²) >= 11 is 4.96. The molecular weight excluding hydrogens is 314 g/mol. The van der Waals surface area contributed by atoms with Crippen molar-refractivity contribution in [1.82, 2.24) is 0 Å². The van der Waals surface area contributed by atoms with Gasteiger partial charge in [0, 0.05) is 15.9 Å². The number of anilines is 1. The fraction of sp³-hybridized carbons (Fsp3) is 0.231. The number of ether oxygens (including phenoxy) is 1. The van der Waals surface area contributed by atoms with E-state index in [2.05, 4.69) is 21.2 Å². The minimum absolute atomic E-state index is 0.452. The highest BCUT2D eigenvalue weighted by Crippen LogP contribution is 2.29. The normalized spacial score (nSPS) is 12.2. The number of hydrogen-bond acceptors (Lipinski definition) is 4. The van der Waals surface area contributed by atoms with Crippen LogP contribution in [0.4, 0.5) is 5.69 Å². The molecule has 0 bridgehead atoms. The number of aliphatic hydroxyl groups is 1. The fourth-order valence-corrected chi connectivity index (χ4v) is 2.68. The van der Waals surface area contributed by atoms with Crippen LogP contribution in [0.15, 0.2) is 40.2 Å². The Labute approximate surface area is 119 Å². The molecule has 1 unspecified atom stereocenters. The highest BCUT2D eigenvalue weighted by atomic mass is 79.9. The Bertz CT molecular complexity index is 502. The number of thiophene rings is 1. The van der Waals surface area contributed by atoms with Crippen molar-refractivity contribution in [2.45, 2.75) is 6.10 Å². The van der Waals surface area contributed by atoms with E-state index in [-0.39, 0.29) is 0 Å². The fourth-order valence-electron chi connectivity index (χ4n) is 1.61. The zero-order valence-corrected chi connectivity index (χ0v) is 12.3. The first-order valence-corrected chi connectivity index (χ1v) is 7.17. The zero-order chi connectivity index (χ0) is 13.0. The van der Waals surface area contributed by atoms with Gasteiger partial charge in [-0.15, -0.1) is 11.3 Å². The smallest absolute Gasteiger partial charge is 0.142 e. The van der Waals surface area contributed by atoms with Crippen molar-refractivity contribution >= 4 is 33.0 Å². The summed E-state index contributed by atoms with van der Waals surface area (Å²) < 4.78 is 6.23. The third kappa shape index (κ3) is 3.25. The number of nitrogens with one attached hydrogen (secondary N) is 1. The van der Waals surface area contributed by atoms with Gasteiger partial charge >= 0.3 is 0 Å². The third-order valence-electron chi connectivity index (χ3n) is 2.52. The van der Waals surface area contributed by atoms with Crippen molar-refractivity contribution in [2.75, 3.05) is 19.0 Å². The van der Waals surface area contributed by atoms with Gasteiger partial charge < -0.3 is 15.2 Å². The van der Waals surface area contributed by atoms with Crippen LogP contribution in [0.1, 0.15) is 11.0 Å². The SMILES string of the molecule is COc1ccc(Br)cc1NCC(O)c1cccs1. The van der Waals surface area contributed by atoms with E-state index < -0.39 is 6.10 Å². The standard InChI is InChI=1S/C13H14BrNO2S/c1-17-12-5-4-9(14)7-10(12)15-8-11(16)13-3-2-6-18-13/h2-7,11,15-16H,8H2,1H3. The van der Waals surface area contributed by atoms with Gasteiger partial charge in [0.25, 0.3) is 0 Å². The monoisotopic (exact) mass is 327 g/mol. The molecule has 1 heterocycles. The van der Waals surface area contributed by atoms with E-state index in [1.165, 1.54) is 0 Å². The average molecular weight is 328 g/mol. The van der Waals surface area contributed by atoms with E-state index in [4.69, 9.17) is 4.74 Å². The summed E-state index contributed by atoms with van der Waals surface area (Å²) in [4.78, 5) is 0.955. The molecule has 1 aromatic heterocycles. The molecule has 0 radical (unpaired) electrons. The molecule has 0 saturated carbocycles. The lowest BCUT2D eigenvalue weighted by Gasteiger charge is -2.14. The maximum absolute atomic E-state index is 10.00. The van der Waals surface area contributed by atoms with Crippen molar-refractivity contribution in [3.05, 3.63) is 45.1 Å². The van der Waals surface area contributed by atoms with Gasteiger partial charge in [-0.2, -0.15) is 0 Å². The van der Waals surface area contributed by atoms with Crippen LogP contribution in [0.5, 0.6) is 5.75 Å². The first kappa shape index (κ1) is 13.4. The molecular formula is C13H14BrNO2S. The van der Waals surface area contributed by atoms with Gasteiger partial charge in [-0.25, -0.2) is 0 Å². The minimum Gasteiger partial charge on any atom is -0.495 e. The molecule has 0 spiro atoms. The van der Waals surface area contributed by atoms with Gasteiger partial charge in [0.15, 0.2) is 0 Å². The van der Waals surface area contributed by atoms with Crippen molar-refractivity contribution in [3.8, 4) is 5.75 Å². The van der Waals surface area contributed by atoms with E-state index in [0.29, 0.717) is 6.54 Å². The molecule has 0 aliphatic carbocycles. The largest absolute Gasteiger partial charge is 0.495 e. The van der Waals surface area contributed by atoms with Gasteiger partial charge in [-0.05, 0) is 29.6 Å². The lowest BCUT2D eigenvalue weighted by molar-refractivity contribution is 0.195. The minimum atomic E-state index is -0.506. The first-order valence-electron chi connectivity index (χ1n) is 5.49. The van der Waals surface area contributed by atoms with Gasteiger partial charge in [0.05, 0.1) is 12.8 Å². The van der Waals surface area contributed by atoms with Crippen LogP contribution < -0.4 is 10.1 Å². The van der Waals surface area contributed by atoms with E-state index in [1.54, 1.807) is 18.4 Å². The van der Waals surface area contributed by atoms with Crippen LogP contribution in [0.2, 0.25) is 0 Å².